The Labute approximate surface area is 162 Å². The van der Waals surface area contributed by atoms with E-state index in [1.165, 1.54) is 12.1 Å². The minimum atomic E-state index is -4.38. The Kier molecular flexibility index (Phi) is 6.26. The lowest BCUT2D eigenvalue weighted by atomic mass is 9.90. The highest BCUT2D eigenvalue weighted by molar-refractivity contribution is 5.59. The minimum absolute atomic E-state index is 0.165. The zero-order chi connectivity index (χ0) is 20.1. The van der Waals surface area contributed by atoms with Gasteiger partial charge in [-0.2, -0.15) is 13.2 Å². The van der Waals surface area contributed by atoms with Gasteiger partial charge < -0.3 is 15.4 Å². The van der Waals surface area contributed by atoms with Gasteiger partial charge in [0.05, 0.1) is 30.6 Å². The predicted octanol–water partition coefficient (Wildman–Crippen LogP) is 5.42. The number of halogens is 3. The summed E-state index contributed by atoms with van der Waals surface area (Å²) in [5.74, 6) is 0.948. The van der Waals surface area contributed by atoms with Crippen LogP contribution in [0.3, 0.4) is 0 Å². The topological polar surface area (TPSA) is 59.1 Å². The monoisotopic (exact) mass is 394 g/mol. The average molecular weight is 394 g/mol. The van der Waals surface area contributed by atoms with Crippen LogP contribution in [0.1, 0.15) is 56.7 Å². The molecule has 2 unspecified atom stereocenters. The van der Waals surface area contributed by atoms with E-state index in [9.17, 15) is 13.2 Å². The molecule has 1 aromatic carbocycles. The second-order valence-corrected chi connectivity index (χ2v) is 6.93. The average Bonchev–Trinajstić information content (AvgIpc) is 2.68. The third-order valence-electron chi connectivity index (χ3n) is 4.83. The fraction of sp³-hybridized carbons (Fsp3) is 0.500. The lowest BCUT2D eigenvalue weighted by Gasteiger charge is -2.33. The molecule has 0 spiro atoms. The molecule has 2 aromatic rings. The van der Waals surface area contributed by atoms with E-state index < -0.39 is 11.7 Å². The number of unbranched alkanes of at least 4 members (excludes halogenated alkanes) is 1. The van der Waals surface area contributed by atoms with Crippen LogP contribution in [0, 0.1) is 0 Å². The zero-order valence-electron chi connectivity index (χ0n) is 16.0. The lowest BCUT2D eigenvalue weighted by molar-refractivity contribution is -0.137. The van der Waals surface area contributed by atoms with Gasteiger partial charge >= 0.3 is 6.18 Å². The molecule has 152 valence electrons. The molecule has 0 aliphatic carbocycles. The standard InChI is InChI=1S/C20H25F3N4O/c1-3-5-8-28-15-11-24-19(25-12-15)27-18-10-14(4-2)26-17-7-6-13(9-16(17)18)20(21,22)23/h6-7,9,11-12,14,18,26H,3-5,8,10H2,1-2H3,(H,24,25,27). The van der Waals surface area contributed by atoms with Crippen molar-refractivity contribution in [3.8, 4) is 5.75 Å². The number of nitrogens with zero attached hydrogens (tertiary/aromatic N) is 2. The van der Waals surface area contributed by atoms with E-state index in [0.29, 0.717) is 36.0 Å². The van der Waals surface area contributed by atoms with Crippen LogP contribution in [0.2, 0.25) is 0 Å². The summed E-state index contributed by atoms with van der Waals surface area (Å²) in [6.45, 7) is 4.73. The second kappa shape index (κ2) is 8.67. The van der Waals surface area contributed by atoms with Crippen LogP contribution in [0.5, 0.6) is 5.75 Å². The van der Waals surface area contributed by atoms with E-state index in [1.807, 2.05) is 6.92 Å². The Morgan fingerprint density at radius 3 is 2.61 bits per heavy atom. The van der Waals surface area contributed by atoms with Gasteiger partial charge in [-0.15, -0.1) is 0 Å². The van der Waals surface area contributed by atoms with Crippen LogP contribution in [-0.2, 0) is 6.18 Å². The Morgan fingerprint density at radius 1 is 1.21 bits per heavy atom. The molecule has 1 aliphatic heterocycles. The molecule has 0 saturated heterocycles. The van der Waals surface area contributed by atoms with Crippen LogP contribution in [0.15, 0.2) is 30.6 Å². The zero-order valence-corrected chi connectivity index (χ0v) is 16.0. The maximum absolute atomic E-state index is 13.1. The molecule has 0 saturated carbocycles. The number of fused-ring (bicyclic) bond motifs is 1. The van der Waals surface area contributed by atoms with Crippen molar-refractivity contribution in [2.75, 3.05) is 17.2 Å². The van der Waals surface area contributed by atoms with E-state index in [1.54, 1.807) is 12.4 Å². The van der Waals surface area contributed by atoms with Gasteiger partial charge in [-0.3, -0.25) is 0 Å². The summed E-state index contributed by atoms with van der Waals surface area (Å²) < 4.78 is 45.0. The summed E-state index contributed by atoms with van der Waals surface area (Å²) in [6.07, 6.45) is 2.27. The second-order valence-electron chi connectivity index (χ2n) is 6.93. The van der Waals surface area contributed by atoms with Crippen molar-refractivity contribution >= 4 is 11.6 Å². The van der Waals surface area contributed by atoms with E-state index in [2.05, 4.69) is 27.5 Å². The highest BCUT2D eigenvalue weighted by Gasteiger charge is 2.34. The quantitative estimate of drug-likeness (QED) is 0.614. The molecule has 1 aromatic heterocycles. The summed E-state index contributed by atoms with van der Waals surface area (Å²) in [5, 5.41) is 6.50. The normalized spacial score (nSPS) is 18.9. The number of ether oxygens (including phenoxy) is 1. The molecule has 3 rings (SSSR count). The number of benzene rings is 1. The van der Waals surface area contributed by atoms with Crippen molar-refractivity contribution < 1.29 is 17.9 Å². The van der Waals surface area contributed by atoms with E-state index in [0.717, 1.165) is 25.3 Å². The van der Waals surface area contributed by atoms with Crippen molar-refractivity contribution in [3.05, 3.63) is 41.7 Å². The fourth-order valence-corrected chi connectivity index (χ4v) is 3.21. The smallest absolute Gasteiger partial charge is 0.416 e. The van der Waals surface area contributed by atoms with E-state index in [-0.39, 0.29) is 12.1 Å². The van der Waals surface area contributed by atoms with Gasteiger partial charge in [-0.25, -0.2) is 9.97 Å². The highest BCUT2D eigenvalue weighted by atomic mass is 19.4. The molecule has 2 atom stereocenters. The number of anilines is 2. The molecular weight excluding hydrogens is 369 g/mol. The van der Waals surface area contributed by atoms with Gasteiger partial charge in [-0.1, -0.05) is 20.3 Å². The molecule has 1 aliphatic rings. The van der Waals surface area contributed by atoms with E-state index >= 15 is 0 Å². The summed E-state index contributed by atoms with van der Waals surface area (Å²) >= 11 is 0. The minimum Gasteiger partial charge on any atom is -0.490 e. The van der Waals surface area contributed by atoms with Crippen molar-refractivity contribution in [1.82, 2.24) is 9.97 Å². The molecule has 0 amide bonds. The third-order valence-corrected chi connectivity index (χ3v) is 4.83. The van der Waals surface area contributed by atoms with Gasteiger partial charge in [0, 0.05) is 11.7 Å². The lowest BCUT2D eigenvalue weighted by Crippen LogP contribution is -2.31. The largest absolute Gasteiger partial charge is 0.490 e. The maximum Gasteiger partial charge on any atom is 0.416 e. The Hall–Kier alpha value is -2.51. The molecule has 5 nitrogen and oxygen atoms in total. The number of nitrogens with one attached hydrogen (secondary N) is 2. The first-order valence-corrected chi connectivity index (χ1v) is 9.59. The van der Waals surface area contributed by atoms with Crippen LogP contribution in [-0.4, -0.2) is 22.6 Å². The van der Waals surface area contributed by atoms with Crippen LogP contribution in [0.25, 0.3) is 0 Å². The molecule has 2 N–H and O–H groups in total. The molecular formula is C20H25F3N4O. The molecule has 8 heteroatoms. The van der Waals surface area contributed by atoms with Crippen molar-refractivity contribution in [1.29, 1.82) is 0 Å². The Balaban J connectivity index is 1.79. The summed E-state index contributed by atoms with van der Waals surface area (Å²) in [7, 11) is 0. The van der Waals surface area contributed by atoms with Crippen molar-refractivity contribution in [2.45, 2.75) is 57.8 Å². The molecule has 0 fully saturated rings. The highest BCUT2D eigenvalue weighted by Crippen LogP contribution is 2.39. The van der Waals surface area contributed by atoms with Gasteiger partial charge in [0.2, 0.25) is 5.95 Å². The first-order chi connectivity index (χ1) is 13.4. The summed E-state index contributed by atoms with van der Waals surface area (Å²) in [6, 6.07) is 3.67. The molecule has 28 heavy (non-hydrogen) atoms. The Morgan fingerprint density at radius 2 is 1.96 bits per heavy atom. The van der Waals surface area contributed by atoms with Crippen LogP contribution in [0.4, 0.5) is 24.8 Å². The summed E-state index contributed by atoms with van der Waals surface area (Å²) in [5.41, 5.74) is 0.630. The van der Waals surface area contributed by atoms with Gasteiger partial charge in [0.25, 0.3) is 0 Å². The van der Waals surface area contributed by atoms with Gasteiger partial charge in [0.1, 0.15) is 0 Å². The first kappa shape index (κ1) is 20.2. The SMILES string of the molecule is CCCCOc1cnc(NC2CC(CC)Nc3ccc(C(F)(F)F)cc32)nc1. The predicted molar refractivity (Wildman–Crippen MR) is 103 cm³/mol. The summed E-state index contributed by atoms with van der Waals surface area (Å²) in [4.78, 5) is 8.51. The van der Waals surface area contributed by atoms with Crippen molar-refractivity contribution in [3.63, 3.8) is 0 Å². The molecule has 0 bridgehead atoms. The van der Waals surface area contributed by atoms with Crippen LogP contribution >= 0.6 is 0 Å². The molecule has 0 radical (unpaired) electrons. The number of hydrogen-bond acceptors (Lipinski definition) is 5. The maximum atomic E-state index is 13.1. The van der Waals surface area contributed by atoms with Gasteiger partial charge in [0.15, 0.2) is 5.75 Å². The van der Waals surface area contributed by atoms with E-state index in [4.69, 9.17) is 4.74 Å². The number of aromatic nitrogens is 2. The number of hydrogen-bond donors (Lipinski definition) is 2. The van der Waals surface area contributed by atoms with Gasteiger partial charge in [-0.05, 0) is 43.0 Å². The fourth-order valence-electron chi connectivity index (χ4n) is 3.21. The molecule has 2 heterocycles. The number of rotatable bonds is 7. The third kappa shape index (κ3) is 4.85. The number of alkyl halides is 3. The Bertz CT molecular complexity index is 780. The van der Waals surface area contributed by atoms with Crippen LogP contribution < -0.4 is 15.4 Å². The van der Waals surface area contributed by atoms with Crippen molar-refractivity contribution in [2.24, 2.45) is 0 Å². The first-order valence-electron chi connectivity index (χ1n) is 9.59.